The molecule has 24 heavy (non-hydrogen) atoms. The number of rotatable bonds is 4. The molecular formula is C18H20FN3O2. The summed E-state index contributed by atoms with van der Waals surface area (Å²) < 4.78 is 19.5. The highest BCUT2D eigenvalue weighted by Crippen LogP contribution is 2.26. The normalized spacial score (nSPS) is 10.2. The molecule has 0 aliphatic rings. The first kappa shape index (κ1) is 17.5. The van der Waals surface area contributed by atoms with Crippen molar-refractivity contribution in [1.29, 1.82) is 5.41 Å². The molecular weight excluding hydrogens is 309 g/mol. The number of nitrogens with zero attached hydrogens (tertiary/aromatic N) is 1. The molecule has 0 atom stereocenters. The number of nitrogens with one attached hydrogen (secondary N) is 2. The van der Waals surface area contributed by atoms with E-state index in [1.54, 1.807) is 37.2 Å². The summed E-state index contributed by atoms with van der Waals surface area (Å²) in [5.74, 6) is -0.573. The van der Waals surface area contributed by atoms with Crippen molar-refractivity contribution in [2.24, 2.45) is 0 Å². The maximum Gasteiger partial charge on any atom is 0.258 e. The molecule has 0 saturated carbocycles. The number of amides is 1. The second-order valence-corrected chi connectivity index (χ2v) is 5.60. The Morgan fingerprint density at radius 2 is 1.92 bits per heavy atom. The van der Waals surface area contributed by atoms with Gasteiger partial charge in [-0.25, -0.2) is 4.39 Å². The lowest BCUT2D eigenvalue weighted by Crippen LogP contribution is -2.22. The molecule has 1 amide bonds. The van der Waals surface area contributed by atoms with Gasteiger partial charge in [0.25, 0.3) is 5.91 Å². The molecule has 0 aliphatic carbocycles. The quantitative estimate of drug-likeness (QED) is 0.668. The van der Waals surface area contributed by atoms with Crippen LogP contribution in [0.2, 0.25) is 0 Å². The molecule has 6 heteroatoms. The van der Waals surface area contributed by atoms with Crippen LogP contribution < -0.4 is 10.1 Å². The van der Waals surface area contributed by atoms with Crippen LogP contribution in [0, 0.1) is 18.2 Å². The van der Waals surface area contributed by atoms with Crippen LogP contribution in [0.15, 0.2) is 36.4 Å². The third-order valence-corrected chi connectivity index (χ3v) is 3.54. The van der Waals surface area contributed by atoms with Crippen molar-refractivity contribution < 1.29 is 13.9 Å². The van der Waals surface area contributed by atoms with Crippen molar-refractivity contribution >= 4 is 17.4 Å². The first-order chi connectivity index (χ1) is 11.3. The Hall–Kier alpha value is -2.89. The fourth-order valence-electron chi connectivity index (χ4n) is 2.20. The third-order valence-electron chi connectivity index (χ3n) is 3.54. The minimum absolute atomic E-state index is 0.0899. The Morgan fingerprint density at radius 3 is 2.50 bits per heavy atom. The standard InChI is InChI=1S/C18H20FN3O2/c1-11-5-8-15(16(9-11)24-4)21-18(23)13-7-6-12(10-14(13)19)17(20)22(2)3/h5-10,20H,1-4H3,(H,21,23). The van der Waals surface area contributed by atoms with Gasteiger partial charge in [-0.15, -0.1) is 0 Å². The Kier molecular flexibility index (Phi) is 5.18. The molecule has 2 aromatic carbocycles. The van der Waals surface area contributed by atoms with Crippen molar-refractivity contribution in [3.05, 3.63) is 58.9 Å². The molecule has 0 fully saturated rings. The third kappa shape index (κ3) is 3.71. The number of benzene rings is 2. The van der Waals surface area contributed by atoms with E-state index >= 15 is 0 Å². The highest BCUT2D eigenvalue weighted by atomic mass is 19.1. The van der Waals surface area contributed by atoms with Gasteiger partial charge in [-0.2, -0.15) is 0 Å². The predicted octanol–water partition coefficient (Wildman–Crippen LogP) is 3.28. The SMILES string of the molecule is COc1cc(C)ccc1NC(=O)c1ccc(C(=N)N(C)C)cc1F. The van der Waals surface area contributed by atoms with Crippen LogP contribution in [0.3, 0.4) is 0 Å². The summed E-state index contributed by atoms with van der Waals surface area (Å²) in [4.78, 5) is 13.9. The smallest absolute Gasteiger partial charge is 0.258 e. The Bertz CT molecular complexity index is 788. The monoisotopic (exact) mass is 329 g/mol. The molecule has 2 N–H and O–H groups in total. The average Bonchev–Trinajstić information content (AvgIpc) is 2.55. The van der Waals surface area contributed by atoms with Gasteiger partial charge in [0.1, 0.15) is 17.4 Å². The van der Waals surface area contributed by atoms with Gasteiger partial charge in [-0.05, 0) is 36.8 Å². The first-order valence-electron chi connectivity index (χ1n) is 7.35. The van der Waals surface area contributed by atoms with Gasteiger partial charge in [0.05, 0.1) is 18.4 Å². The zero-order valence-corrected chi connectivity index (χ0v) is 14.1. The topological polar surface area (TPSA) is 65.4 Å². The number of carbonyl (C=O) groups is 1. The highest BCUT2D eigenvalue weighted by molar-refractivity contribution is 6.06. The van der Waals surface area contributed by atoms with Crippen LogP contribution in [0.5, 0.6) is 5.75 Å². The van der Waals surface area contributed by atoms with Crippen molar-refractivity contribution in [1.82, 2.24) is 4.90 Å². The molecule has 2 aromatic rings. The Labute approximate surface area is 140 Å². The number of amidine groups is 1. The van der Waals surface area contributed by atoms with Crippen LogP contribution in [-0.4, -0.2) is 37.8 Å². The molecule has 0 aliphatic heterocycles. The number of hydrogen-bond donors (Lipinski definition) is 2. The van der Waals surface area contributed by atoms with Crippen LogP contribution in [0.1, 0.15) is 21.5 Å². The molecule has 0 radical (unpaired) electrons. The lowest BCUT2D eigenvalue weighted by molar-refractivity contribution is 0.102. The predicted molar refractivity (Wildman–Crippen MR) is 92.6 cm³/mol. The maximum absolute atomic E-state index is 14.3. The van der Waals surface area contributed by atoms with Crippen LogP contribution in [0.4, 0.5) is 10.1 Å². The molecule has 126 valence electrons. The van der Waals surface area contributed by atoms with E-state index in [2.05, 4.69) is 5.32 Å². The number of hydrogen-bond acceptors (Lipinski definition) is 3. The minimum atomic E-state index is -0.678. The molecule has 0 aromatic heterocycles. The molecule has 0 saturated heterocycles. The van der Waals surface area contributed by atoms with E-state index in [-0.39, 0.29) is 11.4 Å². The molecule has 0 unspecified atom stereocenters. The van der Waals surface area contributed by atoms with Crippen LogP contribution >= 0.6 is 0 Å². The summed E-state index contributed by atoms with van der Waals surface area (Å²) in [5, 5.41) is 10.5. The fourth-order valence-corrected chi connectivity index (χ4v) is 2.20. The summed E-state index contributed by atoms with van der Waals surface area (Å²) in [6, 6.07) is 9.43. The number of ether oxygens (including phenoxy) is 1. The molecule has 0 heterocycles. The van der Waals surface area contributed by atoms with Gasteiger partial charge < -0.3 is 15.0 Å². The van der Waals surface area contributed by atoms with Crippen molar-refractivity contribution in [3.63, 3.8) is 0 Å². The van der Waals surface area contributed by atoms with E-state index in [4.69, 9.17) is 10.1 Å². The number of carbonyl (C=O) groups excluding carboxylic acids is 1. The lowest BCUT2D eigenvalue weighted by atomic mass is 10.1. The lowest BCUT2D eigenvalue weighted by Gasteiger charge is -2.15. The summed E-state index contributed by atoms with van der Waals surface area (Å²) in [7, 11) is 4.90. The van der Waals surface area contributed by atoms with E-state index in [1.165, 1.54) is 19.2 Å². The molecule has 0 bridgehead atoms. The van der Waals surface area contributed by atoms with Crippen LogP contribution in [-0.2, 0) is 0 Å². The molecule has 2 rings (SSSR count). The van der Waals surface area contributed by atoms with E-state index in [0.717, 1.165) is 5.56 Å². The van der Waals surface area contributed by atoms with Gasteiger partial charge in [0.15, 0.2) is 0 Å². The van der Waals surface area contributed by atoms with Crippen molar-refractivity contribution in [2.75, 3.05) is 26.5 Å². The van der Waals surface area contributed by atoms with E-state index in [9.17, 15) is 9.18 Å². The van der Waals surface area contributed by atoms with Crippen molar-refractivity contribution in [2.45, 2.75) is 6.92 Å². The summed E-state index contributed by atoms with van der Waals surface area (Å²) >= 11 is 0. The maximum atomic E-state index is 14.3. The minimum Gasteiger partial charge on any atom is -0.495 e. The average molecular weight is 329 g/mol. The molecule has 0 spiro atoms. The Morgan fingerprint density at radius 1 is 1.21 bits per heavy atom. The van der Waals surface area contributed by atoms with Gasteiger partial charge in [-0.3, -0.25) is 10.2 Å². The second-order valence-electron chi connectivity index (χ2n) is 5.60. The molecule has 5 nitrogen and oxygen atoms in total. The van der Waals surface area contributed by atoms with Gasteiger partial charge >= 0.3 is 0 Å². The fraction of sp³-hybridized carbons (Fsp3) is 0.222. The summed E-state index contributed by atoms with van der Waals surface area (Å²) in [5.41, 5.74) is 1.77. The first-order valence-corrected chi connectivity index (χ1v) is 7.35. The van der Waals surface area contributed by atoms with Crippen molar-refractivity contribution in [3.8, 4) is 5.75 Å². The number of halogens is 1. The summed E-state index contributed by atoms with van der Waals surface area (Å²) in [6.45, 7) is 1.91. The van der Waals surface area contributed by atoms with Crippen LogP contribution in [0.25, 0.3) is 0 Å². The zero-order chi connectivity index (χ0) is 17.9. The zero-order valence-electron chi connectivity index (χ0n) is 14.1. The van der Waals surface area contributed by atoms with Gasteiger partial charge in [0, 0.05) is 19.7 Å². The largest absolute Gasteiger partial charge is 0.495 e. The Balaban J connectivity index is 2.26. The summed E-state index contributed by atoms with van der Waals surface area (Å²) in [6.07, 6.45) is 0. The van der Waals surface area contributed by atoms with E-state index < -0.39 is 11.7 Å². The number of aryl methyl sites for hydroxylation is 1. The second kappa shape index (κ2) is 7.12. The van der Waals surface area contributed by atoms with E-state index in [1.807, 2.05) is 13.0 Å². The van der Waals surface area contributed by atoms with Gasteiger partial charge in [0.2, 0.25) is 0 Å². The van der Waals surface area contributed by atoms with E-state index in [0.29, 0.717) is 17.0 Å². The number of methoxy groups -OCH3 is 1. The van der Waals surface area contributed by atoms with Gasteiger partial charge in [-0.1, -0.05) is 12.1 Å². The highest BCUT2D eigenvalue weighted by Gasteiger charge is 2.16. The number of anilines is 1.